The van der Waals surface area contributed by atoms with Crippen molar-refractivity contribution in [3.63, 3.8) is 0 Å². The van der Waals surface area contributed by atoms with Crippen LogP contribution in [0.2, 0.25) is 5.22 Å². The molecule has 1 aromatic heterocycles. The summed E-state index contributed by atoms with van der Waals surface area (Å²) in [5.41, 5.74) is 0.552. The summed E-state index contributed by atoms with van der Waals surface area (Å²) in [7, 11) is 0. The summed E-state index contributed by atoms with van der Waals surface area (Å²) in [6, 6.07) is 1.67. The predicted octanol–water partition coefficient (Wildman–Crippen LogP) is 3.94. The smallest absolute Gasteiger partial charge is 0.203 e. The molecule has 0 N–H and O–H groups in total. The van der Waals surface area contributed by atoms with Crippen LogP contribution in [0.25, 0.3) is 0 Å². The Morgan fingerprint density at radius 3 is 2.60 bits per heavy atom. The second kappa shape index (κ2) is 4.40. The zero-order valence-corrected chi connectivity index (χ0v) is 9.59. The van der Waals surface area contributed by atoms with Crippen molar-refractivity contribution >= 4 is 17.4 Å². The summed E-state index contributed by atoms with van der Waals surface area (Å²) in [6.07, 6.45) is 5.74. The summed E-state index contributed by atoms with van der Waals surface area (Å²) in [5, 5.41) is 0.235. The largest absolute Gasteiger partial charge is 0.452 e. The van der Waals surface area contributed by atoms with Crippen LogP contribution in [0.15, 0.2) is 16.7 Å². The van der Waals surface area contributed by atoms with E-state index in [0.29, 0.717) is 5.56 Å². The van der Waals surface area contributed by atoms with E-state index in [4.69, 9.17) is 16.0 Å². The number of furan rings is 1. The number of hydrogen-bond donors (Lipinski definition) is 0. The molecule has 0 aromatic carbocycles. The van der Waals surface area contributed by atoms with E-state index in [9.17, 15) is 4.79 Å². The van der Waals surface area contributed by atoms with Crippen molar-refractivity contribution in [2.75, 3.05) is 0 Å². The summed E-state index contributed by atoms with van der Waals surface area (Å²) >= 11 is 5.80. The molecule has 1 aliphatic rings. The van der Waals surface area contributed by atoms with Gasteiger partial charge in [-0.1, -0.05) is 19.8 Å². The molecule has 1 fully saturated rings. The van der Waals surface area contributed by atoms with Gasteiger partial charge in [0.2, 0.25) is 5.22 Å². The Labute approximate surface area is 94.6 Å². The molecule has 0 atom stereocenters. The van der Waals surface area contributed by atoms with Crippen LogP contribution >= 0.6 is 11.6 Å². The van der Waals surface area contributed by atoms with Gasteiger partial charge in [-0.3, -0.25) is 4.79 Å². The highest BCUT2D eigenvalue weighted by molar-refractivity contribution is 6.32. The van der Waals surface area contributed by atoms with Crippen molar-refractivity contribution in [2.24, 2.45) is 11.8 Å². The molecular weight excluding hydrogens is 212 g/mol. The maximum absolute atomic E-state index is 12.0. The van der Waals surface area contributed by atoms with E-state index in [1.54, 1.807) is 6.07 Å². The van der Waals surface area contributed by atoms with Gasteiger partial charge in [-0.25, -0.2) is 0 Å². The molecule has 2 rings (SSSR count). The molecule has 0 unspecified atom stereocenters. The van der Waals surface area contributed by atoms with E-state index in [1.165, 1.54) is 6.26 Å². The molecule has 1 aliphatic carbocycles. The van der Waals surface area contributed by atoms with Gasteiger partial charge in [-0.15, -0.1) is 0 Å². The molecule has 0 saturated heterocycles. The number of carbonyl (C=O) groups excluding carboxylic acids is 1. The Morgan fingerprint density at radius 1 is 1.40 bits per heavy atom. The summed E-state index contributed by atoms with van der Waals surface area (Å²) in [6.45, 7) is 2.24. The minimum absolute atomic E-state index is 0.149. The highest BCUT2D eigenvalue weighted by Gasteiger charge is 2.27. The van der Waals surface area contributed by atoms with Gasteiger partial charge in [0.05, 0.1) is 11.8 Å². The Kier molecular flexibility index (Phi) is 3.15. The third kappa shape index (κ3) is 2.25. The normalized spacial score (nSPS) is 26.5. The van der Waals surface area contributed by atoms with Crippen LogP contribution in [0.3, 0.4) is 0 Å². The van der Waals surface area contributed by atoms with Crippen molar-refractivity contribution in [2.45, 2.75) is 32.6 Å². The van der Waals surface area contributed by atoms with Crippen molar-refractivity contribution in [3.8, 4) is 0 Å². The fourth-order valence-electron chi connectivity index (χ4n) is 2.21. The van der Waals surface area contributed by atoms with Gasteiger partial charge in [-0.2, -0.15) is 0 Å². The molecule has 1 heterocycles. The van der Waals surface area contributed by atoms with E-state index >= 15 is 0 Å². The Bertz CT molecular complexity index is 348. The van der Waals surface area contributed by atoms with Crippen LogP contribution in [0.1, 0.15) is 43.0 Å². The van der Waals surface area contributed by atoms with Gasteiger partial charge >= 0.3 is 0 Å². The number of carbonyl (C=O) groups is 1. The summed E-state index contributed by atoms with van der Waals surface area (Å²) < 4.78 is 4.94. The van der Waals surface area contributed by atoms with E-state index in [2.05, 4.69) is 6.92 Å². The number of ketones is 1. The van der Waals surface area contributed by atoms with Crippen LogP contribution in [0, 0.1) is 11.8 Å². The first-order valence-electron chi connectivity index (χ1n) is 5.45. The highest BCUT2D eigenvalue weighted by atomic mass is 35.5. The second-order valence-electron chi connectivity index (χ2n) is 4.43. The van der Waals surface area contributed by atoms with Gasteiger partial charge < -0.3 is 4.42 Å². The highest BCUT2D eigenvalue weighted by Crippen LogP contribution is 2.32. The zero-order valence-electron chi connectivity index (χ0n) is 8.83. The number of Topliss-reactive ketones (excluding diaryl/α,β-unsaturated/α-hetero) is 1. The maximum Gasteiger partial charge on any atom is 0.203 e. The van der Waals surface area contributed by atoms with Gasteiger partial charge in [0.25, 0.3) is 0 Å². The molecule has 3 heteroatoms. The van der Waals surface area contributed by atoms with Crippen LogP contribution in [0.4, 0.5) is 0 Å². The summed E-state index contributed by atoms with van der Waals surface area (Å²) in [4.78, 5) is 12.0. The van der Waals surface area contributed by atoms with Crippen molar-refractivity contribution in [1.82, 2.24) is 0 Å². The molecule has 1 saturated carbocycles. The molecule has 0 amide bonds. The minimum Gasteiger partial charge on any atom is -0.452 e. The quantitative estimate of drug-likeness (QED) is 0.715. The third-order valence-corrected chi connectivity index (χ3v) is 3.56. The fourth-order valence-corrected chi connectivity index (χ4v) is 2.42. The lowest BCUT2D eigenvalue weighted by Crippen LogP contribution is -2.20. The van der Waals surface area contributed by atoms with Crippen molar-refractivity contribution in [1.29, 1.82) is 0 Å². The van der Waals surface area contributed by atoms with Crippen LogP contribution < -0.4 is 0 Å². The van der Waals surface area contributed by atoms with Crippen LogP contribution in [-0.2, 0) is 0 Å². The Morgan fingerprint density at radius 2 is 2.07 bits per heavy atom. The van der Waals surface area contributed by atoms with Gasteiger partial charge in [-0.05, 0) is 36.4 Å². The lowest BCUT2D eigenvalue weighted by Gasteiger charge is -2.24. The lowest BCUT2D eigenvalue weighted by atomic mass is 9.80. The predicted molar refractivity (Wildman–Crippen MR) is 59.2 cm³/mol. The SMILES string of the molecule is CC1CCC(C(=O)c2ccoc2Cl)CC1. The molecule has 2 nitrogen and oxygen atoms in total. The van der Waals surface area contributed by atoms with Crippen molar-refractivity contribution in [3.05, 3.63) is 23.1 Å². The van der Waals surface area contributed by atoms with Gasteiger partial charge in [0.15, 0.2) is 5.78 Å². The van der Waals surface area contributed by atoms with Gasteiger partial charge in [0.1, 0.15) is 0 Å². The Hall–Kier alpha value is -0.760. The van der Waals surface area contributed by atoms with Crippen LogP contribution in [-0.4, -0.2) is 5.78 Å². The van der Waals surface area contributed by atoms with E-state index in [1.807, 2.05) is 0 Å². The summed E-state index contributed by atoms with van der Waals surface area (Å²) in [5.74, 6) is 1.06. The minimum atomic E-state index is 0.149. The number of halogens is 1. The first-order valence-corrected chi connectivity index (χ1v) is 5.83. The van der Waals surface area contributed by atoms with E-state index < -0.39 is 0 Å². The monoisotopic (exact) mass is 226 g/mol. The fraction of sp³-hybridized carbons (Fsp3) is 0.583. The van der Waals surface area contributed by atoms with E-state index in [0.717, 1.165) is 31.6 Å². The molecule has 15 heavy (non-hydrogen) atoms. The lowest BCUT2D eigenvalue weighted by molar-refractivity contribution is 0.0875. The molecule has 0 bridgehead atoms. The van der Waals surface area contributed by atoms with Crippen molar-refractivity contribution < 1.29 is 9.21 Å². The zero-order chi connectivity index (χ0) is 10.8. The average molecular weight is 227 g/mol. The number of rotatable bonds is 2. The molecule has 0 aliphatic heterocycles. The topological polar surface area (TPSA) is 30.2 Å². The molecular formula is C12H15ClO2. The maximum atomic E-state index is 12.0. The first-order chi connectivity index (χ1) is 7.18. The molecule has 0 radical (unpaired) electrons. The molecule has 1 aromatic rings. The second-order valence-corrected chi connectivity index (χ2v) is 4.77. The van der Waals surface area contributed by atoms with Crippen LogP contribution in [0.5, 0.6) is 0 Å². The number of hydrogen-bond acceptors (Lipinski definition) is 2. The third-order valence-electron chi connectivity index (χ3n) is 3.27. The average Bonchev–Trinajstić information content (AvgIpc) is 2.65. The molecule has 0 spiro atoms. The molecule has 82 valence electrons. The Balaban J connectivity index is 2.06. The first kappa shape index (κ1) is 10.7. The van der Waals surface area contributed by atoms with Gasteiger partial charge in [0, 0.05) is 5.92 Å². The van der Waals surface area contributed by atoms with E-state index in [-0.39, 0.29) is 16.9 Å². The standard InChI is InChI=1S/C12H15ClO2/c1-8-2-4-9(5-3-8)11(14)10-6-7-15-12(10)13/h6-9H,2-5H2,1H3.